The summed E-state index contributed by atoms with van der Waals surface area (Å²) in [5, 5.41) is 2.89. The van der Waals surface area contributed by atoms with Crippen LogP contribution in [0.2, 0.25) is 0 Å². The molecule has 1 atom stereocenters. The number of benzene rings is 3. The van der Waals surface area contributed by atoms with Gasteiger partial charge in [0.1, 0.15) is 18.4 Å². The van der Waals surface area contributed by atoms with Crippen molar-refractivity contribution in [3.05, 3.63) is 100 Å². The molecule has 3 aromatic carbocycles. The lowest BCUT2D eigenvalue weighted by atomic mass is 10.0. The van der Waals surface area contributed by atoms with Gasteiger partial charge in [-0.15, -0.1) is 0 Å². The number of hydrogen-bond acceptors (Lipinski definition) is 4. The van der Waals surface area contributed by atoms with Gasteiger partial charge in [-0.25, -0.2) is 12.8 Å². The third-order valence-electron chi connectivity index (χ3n) is 5.77. The number of para-hydroxylation sites is 1. The summed E-state index contributed by atoms with van der Waals surface area (Å²) >= 11 is 3.40. The van der Waals surface area contributed by atoms with Gasteiger partial charge in [-0.1, -0.05) is 70.5 Å². The first-order valence-corrected chi connectivity index (χ1v) is 14.7. The maximum absolute atomic E-state index is 14.6. The Kier molecular flexibility index (Phi) is 10.0. The van der Waals surface area contributed by atoms with Crippen molar-refractivity contribution < 1.29 is 22.4 Å². The highest BCUT2D eigenvalue weighted by Crippen LogP contribution is 2.23. The maximum Gasteiger partial charge on any atom is 0.244 e. The van der Waals surface area contributed by atoms with E-state index in [4.69, 9.17) is 0 Å². The Morgan fingerprint density at radius 2 is 1.53 bits per heavy atom. The first kappa shape index (κ1) is 29.3. The fourth-order valence-electron chi connectivity index (χ4n) is 3.97. The van der Waals surface area contributed by atoms with Crippen molar-refractivity contribution >= 4 is 43.5 Å². The zero-order valence-corrected chi connectivity index (χ0v) is 23.9. The van der Waals surface area contributed by atoms with Crippen molar-refractivity contribution in [2.24, 2.45) is 0 Å². The largest absolute Gasteiger partial charge is 0.352 e. The van der Waals surface area contributed by atoms with Gasteiger partial charge < -0.3 is 10.2 Å². The molecule has 0 radical (unpaired) electrons. The number of amides is 2. The Bertz CT molecular complexity index is 1350. The van der Waals surface area contributed by atoms with Crippen LogP contribution in [-0.2, 0) is 32.6 Å². The molecule has 0 fully saturated rings. The van der Waals surface area contributed by atoms with Gasteiger partial charge in [0, 0.05) is 23.5 Å². The van der Waals surface area contributed by atoms with E-state index in [1.807, 2.05) is 68.4 Å². The van der Waals surface area contributed by atoms with Crippen LogP contribution in [0.4, 0.5) is 10.1 Å². The number of nitrogens with one attached hydrogen (secondary N) is 1. The minimum Gasteiger partial charge on any atom is -0.352 e. The van der Waals surface area contributed by atoms with Gasteiger partial charge in [0.05, 0.1) is 11.9 Å². The van der Waals surface area contributed by atoms with Crippen LogP contribution in [0.3, 0.4) is 0 Å². The number of anilines is 1. The van der Waals surface area contributed by atoms with Crippen LogP contribution < -0.4 is 9.62 Å². The second-order valence-corrected chi connectivity index (χ2v) is 12.1. The Morgan fingerprint density at radius 1 is 0.921 bits per heavy atom. The molecule has 0 aromatic heterocycles. The SMILES string of the molecule is CC(C)NC(=O)[C@H](Cc1ccccc1)N(Cc1ccc(Br)cc1)C(=O)CN(c1ccccc1F)S(C)(=O)=O. The summed E-state index contributed by atoms with van der Waals surface area (Å²) in [7, 11) is -4.03. The standard InChI is InChI=1S/C28H31BrFN3O4S/c1-20(2)31-28(35)26(17-21-9-5-4-6-10-21)32(18-22-13-15-23(29)16-14-22)27(34)19-33(38(3,36)37)25-12-8-7-11-24(25)30/h4-16,20,26H,17-19H2,1-3H3,(H,31,35)/t26-/m0/s1. The summed E-state index contributed by atoms with van der Waals surface area (Å²) in [5.74, 6) is -1.78. The highest BCUT2D eigenvalue weighted by molar-refractivity contribution is 9.10. The van der Waals surface area contributed by atoms with Crippen LogP contribution in [0.5, 0.6) is 0 Å². The average molecular weight is 605 g/mol. The number of carbonyl (C=O) groups excluding carboxylic acids is 2. The Balaban J connectivity index is 2.06. The Hall–Kier alpha value is -3.24. The summed E-state index contributed by atoms with van der Waals surface area (Å²) < 4.78 is 41.6. The molecule has 0 saturated carbocycles. The Morgan fingerprint density at radius 3 is 2.11 bits per heavy atom. The van der Waals surface area contributed by atoms with Gasteiger partial charge in [0.15, 0.2) is 0 Å². The molecule has 0 heterocycles. The second-order valence-electron chi connectivity index (χ2n) is 9.24. The molecule has 2 amide bonds. The molecule has 3 rings (SSSR count). The summed E-state index contributed by atoms with van der Waals surface area (Å²) in [6, 6.07) is 20.8. The molecule has 0 aliphatic rings. The predicted octanol–water partition coefficient (Wildman–Crippen LogP) is 4.52. The van der Waals surface area contributed by atoms with Crippen molar-refractivity contribution in [2.75, 3.05) is 17.1 Å². The van der Waals surface area contributed by atoms with E-state index < -0.39 is 34.3 Å². The third kappa shape index (κ3) is 8.13. The molecule has 0 spiro atoms. The molecular formula is C28H31BrFN3O4S. The van der Waals surface area contributed by atoms with E-state index >= 15 is 0 Å². The van der Waals surface area contributed by atoms with Crippen molar-refractivity contribution in [2.45, 2.75) is 38.9 Å². The molecule has 0 aliphatic carbocycles. The molecule has 0 unspecified atom stereocenters. The quantitative estimate of drug-likeness (QED) is 0.349. The van der Waals surface area contributed by atoms with E-state index in [1.54, 1.807) is 0 Å². The normalized spacial score (nSPS) is 12.2. The maximum atomic E-state index is 14.6. The van der Waals surface area contributed by atoms with E-state index in [1.165, 1.54) is 23.1 Å². The number of nitrogens with zero attached hydrogens (tertiary/aromatic N) is 2. The zero-order chi connectivity index (χ0) is 27.9. The van der Waals surface area contributed by atoms with Crippen LogP contribution in [-0.4, -0.2) is 50.0 Å². The fourth-order valence-corrected chi connectivity index (χ4v) is 5.08. The van der Waals surface area contributed by atoms with Crippen molar-refractivity contribution in [3.8, 4) is 0 Å². The lowest BCUT2D eigenvalue weighted by Gasteiger charge is -2.34. The predicted molar refractivity (Wildman–Crippen MR) is 150 cm³/mol. The fraction of sp³-hybridized carbons (Fsp3) is 0.286. The van der Waals surface area contributed by atoms with Crippen LogP contribution in [0, 0.1) is 5.82 Å². The van der Waals surface area contributed by atoms with Gasteiger partial charge in [-0.05, 0) is 49.2 Å². The summed E-state index contributed by atoms with van der Waals surface area (Å²) in [5.41, 5.74) is 1.34. The topological polar surface area (TPSA) is 86.8 Å². The summed E-state index contributed by atoms with van der Waals surface area (Å²) in [6.45, 7) is 3.02. The molecule has 202 valence electrons. The lowest BCUT2D eigenvalue weighted by Crippen LogP contribution is -2.54. The van der Waals surface area contributed by atoms with E-state index in [0.717, 1.165) is 32.2 Å². The van der Waals surface area contributed by atoms with E-state index in [0.29, 0.717) is 0 Å². The molecule has 38 heavy (non-hydrogen) atoms. The summed E-state index contributed by atoms with van der Waals surface area (Å²) in [6.07, 6.45) is 1.12. The molecule has 1 N–H and O–H groups in total. The Labute approximate surface area is 231 Å². The van der Waals surface area contributed by atoms with Gasteiger partial charge in [0.2, 0.25) is 21.8 Å². The molecule has 7 nitrogen and oxygen atoms in total. The van der Waals surface area contributed by atoms with Gasteiger partial charge >= 0.3 is 0 Å². The van der Waals surface area contributed by atoms with Crippen molar-refractivity contribution in [1.82, 2.24) is 10.2 Å². The number of hydrogen-bond donors (Lipinski definition) is 1. The van der Waals surface area contributed by atoms with Crippen LogP contribution in [0.15, 0.2) is 83.3 Å². The average Bonchev–Trinajstić information content (AvgIpc) is 2.85. The highest BCUT2D eigenvalue weighted by Gasteiger charge is 2.33. The van der Waals surface area contributed by atoms with Gasteiger partial charge in [-0.2, -0.15) is 0 Å². The molecule has 0 aliphatic heterocycles. The first-order chi connectivity index (χ1) is 18.0. The smallest absolute Gasteiger partial charge is 0.244 e. The zero-order valence-electron chi connectivity index (χ0n) is 21.5. The lowest BCUT2D eigenvalue weighted by molar-refractivity contribution is -0.140. The molecule has 10 heteroatoms. The molecule has 3 aromatic rings. The van der Waals surface area contributed by atoms with E-state index in [9.17, 15) is 22.4 Å². The molecule has 0 saturated heterocycles. The molecule has 0 bridgehead atoms. The number of sulfonamides is 1. The van der Waals surface area contributed by atoms with Gasteiger partial charge in [-0.3, -0.25) is 13.9 Å². The number of halogens is 2. The van der Waals surface area contributed by atoms with Crippen LogP contribution >= 0.6 is 15.9 Å². The minimum absolute atomic E-state index is 0.0456. The van der Waals surface area contributed by atoms with E-state index in [-0.39, 0.29) is 30.6 Å². The minimum atomic E-state index is -4.03. The van der Waals surface area contributed by atoms with Gasteiger partial charge in [0.25, 0.3) is 0 Å². The van der Waals surface area contributed by atoms with Crippen molar-refractivity contribution in [3.63, 3.8) is 0 Å². The third-order valence-corrected chi connectivity index (χ3v) is 7.42. The van der Waals surface area contributed by atoms with Crippen LogP contribution in [0.25, 0.3) is 0 Å². The number of carbonyl (C=O) groups is 2. The van der Waals surface area contributed by atoms with Crippen LogP contribution in [0.1, 0.15) is 25.0 Å². The molecular weight excluding hydrogens is 573 g/mol. The second kappa shape index (κ2) is 13.0. The number of rotatable bonds is 11. The highest BCUT2D eigenvalue weighted by atomic mass is 79.9. The van der Waals surface area contributed by atoms with E-state index in [2.05, 4.69) is 21.2 Å². The monoisotopic (exact) mass is 603 g/mol. The first-order valence-electron chi connectivity index (χ1n) is 12.1. The van der Waals surface area contributed by atoms with Crippen molar-refractivity contribution in [1.29, 1.82) is 0 Å². The summed E-state index contributed by atoms with van der Waals surface area (Å²) in [4.78, 5) is 28.7.